The first kappa shape index (κ1) is 15.6. The van der Waals surface area contributed by atoms with Crippen molar-refractivity contribution in [2.45, 2.75) is 38.3 Å². The molecule has 3 rings (SSSR count). The number of methoxy groups -OCH3 is 1. The Balaban J connectivity index is 1.70. The fraction of sp³-hybridized carbons (Fsp3) is 0.625. The lowest BCUT2D eigenvalue weighted by Gasteiger charge is -2.33. The summed E-state index contributed by atoms with van der Waals surface area (Å²) in [5.74, 6) is 2.12. The maximum absolute atomic E-state index is 12.4. The van der Waals surface area contributed by atoms with Crippen molar-refractivity contribution in [3.63, 3.8) is 0 Å². The zero-order valence-corrected chi connectivity index (χ0v) is 13.9. The van der Waals surface area contributed by atoms with Gasteiger partial charge in [-0.1, -0.05) is 0 Å². The molecule has 1 heterocycles. The van der Waals surface area contributed by atoms with Crippen molar-refractivity contribution in [3.05, 3.63) is 24.3 Å². The van der Waals surface area contributed by atoms with Gasteiger partial charge in [-0.3, -0.25) is 0 Å². The molecular formula is C16H23NO4S. The summed E-state index contributed by atoms with van der Waals surface area (Å²) in [6.45, 7) is 2.13. The molecule has 0 radical (unpaired) electrons. The minimum Gasteiger partial charge on any atom is -0.497 e. The molecule has 2 fully saturated rings. The lowest BCUT2D eigenvalue weighted by atomic mass is 10.0. The third-order valence-corrected chi connectivity index (χ3v) is 6.78. The molecule has 2 aliphatic rings. The van der Waals surface area contributed by atoms with Crippen molar-refractivity contribution in [2.24, 2.45) is 5.92 Å². The number of hydrogen-bond donors (Lipinski definition) is 0. The van der Waals surface area contributed by atoms with Crippen LogP contribution in [0.5, 0.6) is 11.5 Å². The summed E-state index contributed by atoms with van der Waals surface area (Å²) >= 11 is 0. The van der Waals surface area contributed by atoms with Crippen LogP contribution in [0.25, 0.3) is 0 Å². The molecule has 3 atom stereocenters. The van der Waals surface area contributed by atoms with Crippen molar-refractivity contribution >= 4 is 10.0 Å². The van der Waals surface area contributed by atoms with Gasteiger partial charge < -0.3 is 9.47 Å². The number of piperidine rings is 1. The predicted octanol–water partition coefficient (Wildman–Crippen LogP) is 2.28. The highest BCUT2D eigenvalue weighted by Crippen LogP contribution is 2.44. The summed E-state index contributed by atoms with van der Waals surface area (Å²) in [6.07, 6.45) is 3.08. The van der Waals surface area contributed by atoms with Crippen molar-refractivity contribution in [1.29, 1.82) is 0 Å². The van der Waals surface area contributed by atoms with Gasteiger partial charge in [0.15, 0.2) is 0 Å². The second-order valence-corrected chi connectivity index (χ2v) is 8.17. The summed E-state index contributed by atoms with van der Waals surface area (Å²) in [5, 5.41) is 0. The SMILES string of the molecule is CCS(=O)(=O)N1[C@@H]2CC[C@@H](C2)[C@@H]1COc1ccc(OC)cc1. The van der Waals surface area contributed by atoms with Crippen LogP contribution < -0.4 is 9.47 Å². The van der Waals surface area contributed by atoms with Crippen LogP contribution >= 0.6 is 0 Å². The lowest BCUT2D eigenvalue weighted by molar-refractivity contribution is 0.162. The fourth-order valence-corrected chi connectivity index (χ4v) is 5.29. The third kappa shape index (κ3) is 2.82. The molecular weight excluding hydrogens is 302 g/mol. The standard InChI is InChI=1S/C16H23NO4S/c1-3-22(18,19)17-13-5-4-12(10-13)16(17)11-21-15-8-6-14(20-2)7-9-15/h6-9,12-13,16H,3-5,10-11H2,1-2H3/t12-,13+,16-/m0/s1. The molecule has 1 aromatic rings. The summed E-state index contributed by atoms with van der Waals surface area (Å²) < 4.78 is 37.4. The molecule has 0 N–H and O–H groups in total. The van der Waals surface area contributed by atoms with E-state index in [0.717, 1.165) is 30.8 Å². The maximum atomic E-state index is 12.4. The van der Waals surface area contributed by atoms with E-state index in [9.17, 15) is 8.42 Å². The Morgan fingerprint density at radius 2 is 1.86 bits per heavy atom. The first-order valence-corrected chi connectivity index (χ1v) is 9.44. The van der Waals surface area contributed by atoms with Gasteiger partial charge in [0.05, 0.1) is 18.9 Å². The molecule has 0 unspecified atom stereocenters. The molecule has 6 heteroatoms. The van der Waals surface area contributed by atoms with Crippen LogP contribution in [0, 0.1) is 5.92 Å². The smallest absolute Gasteiger partial charge is 0.214 e. The lowest BCUT2D eigenvalue weighted by Crippen LogP contribution is -2.48. The molecule has 22 heavy (non-hydrogen) atoms. The Kier molecular flexibility index (Phi) is 4.32. The molecule has 5 nitrogen and oxygen atoms in total. The molecule has 0 amide bonds. The van der Waals surface area contributed by atoms with E-state index >= 15 is 0 Å². The van der Waals surface area contributed by atoms with E-state index in [2.05, 4.69) is 0 Å². The Labute approximate surface area is 132 Å². The number of fused-ring (bicyclic) bond motifs is 2. The minimum atomic E-state index is -3.16. The number of ether oxygens (including phenoxy) is 2. The molecule has 1 aromatic carbocycles. The maximum Gasteiger partial charge on any atom is 0.214 e. The van der Waals surface area contributed by atoms with E-state index in [1.807, 2.05) is 24.3 Å². The second-order valence-electron chi connectivity index (χ2n) is 6.01. The monoisotopic (exact) mass is 325 g/mol. The average Bonchev–Trinajstić information content (AvgIpc) is 3.14. The highest BCUT2D eigenvalue weighted by Gasteiger charge is 2.50. The normalized spacial score (nSPS) is 28.0. The van der Waals surface area contributed by atoms with E-state index in [1.165, 1.54) is 0 Å². The Morgan fingerprint density at radius 1 is 1.18 bits per heavy atom. The fourth-order valence-electron chi connectivity index (χ4n) is 3.70. The van der Waals surface area contributed by atoms with Gasteiger partial charge in [0, 0.05) is 6.04 Å². The van der Waals surface area contributed by atoms with Crippen LogP contribution in [0.1, 0.15) is 26.2 Å². The van der Waals surface area contributed by atoms with E-state index in [-0.39, 0.29) is 17.8 Å². The average molecular weight is 325 g/mol. The van der Waals surface area contributed by atoms with E-state index in [1.54, 1.807) is 18.3 Å². The van der Waals surface area contributed by atoms with Gasteiger partial charge in [0.25, 0.3) is 0 Å². The first-order chi connectivity index (χ1) is 10.5. The zero-order valence-electron chi connectivity index (χ0n) is 13.1. The molecule has 1 saturated heterocycles. The van der Waals surface area contributed by atoms with E-state index in [0.29, 0.717) is 12.5 Å². The highest BCUT2D eigenvalue weighted by atomic mass is 32.2. The summed E-state index contributed by atoms with van der Waals surface area (Å²) in [5.41, 5.74) is 0. The second kappa shape index (κ2) is 6.08. The van der Waals surface area contributed by atoms with Gasteiger partial charge in [-0.25, -0.2) is 8.42 Å². The Morgan fingerprint density at radius 3 is 2.50 bits per heavy atom. The molecule has 1 aliphatic carbocycles. The number of sulfonamides is 1. The zero-order chi connectivity index (χ0) is 15.7. The van der Waals surface area contributed by atoms with Gasteiger partial charge in [0.2, 0.25) is 10.0 Å². The van der Waals surface area contributed by atoms with Crippen molar-refractivity contribution < 1.29 is 17.9 Å². The number of hydrogen-bond acceptors (Lipinski definition) is 4. The highest BCUT2D eigenvalue weighted by molar-refractivity contribution is 7.89. The van der Waals surface area contributed by atoms with Crippen molar-refractivity contribution in [3.8, 4) is 11.5 Å². The van der Waals surface area contributed by atoms with Crippen molar-refractivity contribution in [1.82, 2.24) is 4.31 Å². The molecule has 2 bridgehead atoms. The number of rotatable bonds is 6. The van der Waals surface area contributed by atoms with Gasteiger partial charge in [-0.2, -0.15) is 4.31 Å². The summed E-state index contributed by atoms with van der Waals surface area (Å²) in [6, 6.07) is 7.55. The molecule has 0 aromatic heterocycles. The van der Waals surface area contributed by atoms with Gasteiger partial charge in [-0.15, -0.1) is 0 Å². The Bertz CT molecular complexity index is 614. The molecule has 122 valence electrons. The van der Waals surface area contributed by atoms with Crippen LogP contribution in [0.2, 0.25) is 0 Å². The molecule has 1 saturated carbocycles. The van der Waals surface area contributed by atoms with Crippen LogP contribution in [-0.4, -0.2) is 44.3 Å². The van der Waals surface area contributed by atoms with Crippen LogP contribution in [0.4, 0.5) is 0 Å². The topological polar surface area (TPSA) is 55.8 Å². The largest absolute Gasteiger partial charge is 0.497 e. The first-order valence-electron chi connectivity index (χ1n) is 7.83. The van der Waals surface area contributed by atoms with E-state index < -0.39 is 10.0 Å². The van der Waals surface area contributed by atoms with Crippen LogP contribution in [-0.2, 0) is 10.0 Å². The summed E-state index contributed by atoms with van der Waals surface area (Å²) in [4.78, 5) is 0. The molecule has 0 spiro atoms. The minimum absolute atomic E-state index is 0.0224. The van der Waals surface area contributed by atoms with Crippen molar-refractivity contribution in [2.75, 3.05) is 19.5 Å². The third-order valence-electron chi connectivity index (χ3n) is 4.84. The number of benzene rings is 1. The van der Waals surface area contributed by atoms with Crippen LogP contribution in [0.3, 0.4) is 0 Å². The van der Waals surface area contributed by atoms with E-state index in [4.69, 9.17) is 9.47 Å². The molecule has 1 aliphatic heterocycles. The van der Waals surface area contributed by atoms with Gasteiger partial charge in [-0.05, 0) is 56.4 Å². The van der Waals surface area contributed by atoms with Gasteiger partial charge in [0.1, 0.15) is 18.1 Å². The van der Waals surface area contributed by atoms with Gasteiger partial charge >= 0.3 is 0 Å². The Hall–Kier alpha value is -1.27. The van der Waals surface area contributed by atoms with Crippen LogP contribution in [0.15, 0.2) is 24.3 Å². The predicted molar refractivity (Wildman–Crippen MR) is 84.7 cm³/mol. The summed E-state index contributed by atoms with van der Waals surface area (Å²) in [7, 11) is -1.54. The quantitative estimate of drug-likeness (QED) is 0.805. The number of nitrogens with zero attached hydrogens (tertiary/aromatic N) is 1.